The van der Waals surface area contributed by atoms with Gasteiger partial charge in [-0.1, -0.05) is 0 Å². The summed E-state index contributed by atoms with van der Waals surface area (Å²) in [6.45, 7) is 1.66. The summed E-state index contributed by atoms with van der Waals surface area (Å²) in [5.74, 6) is 0.687. The maximum atomic E-state index is 9.33. The van der Waals surface area contributed by atoms with Gasteiger partial charge < -0.3 is 20.3 Å². The van der Waals surface area contributed by atoms with E-state index in [1.807, 2.05) is 36.9 Å². The van der Waals surface area contributed by atoms with Crippen LogP contribution in [0.3, 0.4) is 0 Å². The summed E-state index contributed by atoms with van der Waals surface area (Å²) < 4.78 is 2.04. The molecule has 0 spiro atoms. The first-order chi connectivity index (χ1) is 8.11. The van der Waals surface area contributed by atoms with Crippen molar-refractivity contribution >= 4 is 16.7 Å². The van der Waals surface area contributed by atoms with Crippen molar-refractivity contribution in [2.75, 3.05) is 26.4 Å². The molecule has 0 unspecified atom stereocenters. The van der Waals surface area contributed by atoms with Gasteiger partial charge in [-0.25, -0.2) is 4.98 Å². The summed E-state index contributed by atoms with van der Waals surface area (Å²) in [5, 5.41) is 9.33. The van der Waals surface area contributed by atoms with E-state index in [-0.39, 0.29) is 6.61 Å². The quantitative estimate of drug-likeness (QED) is 0.763. The molecular weight excluding hydrogens is 216 g/mol. The molecule has 0 bridgehead atoms. The second-order valence-electron chi connectivity index (χ2n) is 4.39. The Bertz CT molecular complexity index is 518. The van der Waals surface area contributed by atoms with Crippen LogP contribution >= 0.6 is 0 Å². The Kier molecular flexibility index (Phi) is 3.31. The first-order valence-corrected chi connectivity index (χ1v) is 5.62. The smallest absolute Gasteiger partial charge is 0.135 e. The Morgan fingerprint density at radius 2 is 2.18 bits per heavy atom. The minimum Gasteiger partial charge on any atom is -0.399 e. The van der Waals surface area contributed by atoms with Crippen LogP contribution in [0.5, 0.6) is 0 Å². The van der Waals surface area contributed by atoms with Crippen molar-refractivity contribution in [3.63, 3.8) is 0 Å². The molecule has 3 N–H and O–H groups in total. The van der Waals surface area contributed by atoms with Gasteiger partial charge in [-0.15, -0.1) is 0 Å². The van der Waals surface area contributed by atoms with E-state index in [2.05, 4.69) is 9.88 Å². The van der Waals surface area contributed by atoms with Gasteiger partial charge in [-0.05, 0) is 32.3 Å². The van der Waals surface area contributed by atoms with Crippen LogP contribution < -0.4 is 5.73 Å². The fraction of sp³-hybridized carbons (Fsp3) is 0.417. The molecule has 2 aromatic rings. The number of anilines is 1. The number of nitrogen functional groups attached to an aromatic ring is 1. The maximum Gasteiger partial charge on any atom is 0.135 e. The molecule has 2 rings (SSSR count). The molecule has 0 aliphatic heterocycles. The predicted octanol–water partition coefficient (Wildman–Crippen LogP) is 0.672. The van der Waals surface area contributed by atoms with Crippen LogP contribution in [0.4, 0.5) is 5.69 Å². The number of hydrogen-bond acceptors (Lipinski definition) is 4. The number of aliphatic hydroxyl groups is 1. The van der Waals surface area contributed by atoms with Crippen molar-refractivity contribution in [1.82, 2.24) is 14.5 Å². The Labute approximate surface area is 100 Å². The lowest BCUT2D eigenvalue weighted by atomic mass is 10.3. The number of hydrogen-bond donors (Lipinski definition) is 2. The van der Waals surface area contributed by atoms with Crippen molar-refractivity contribution in [2.24, 2.45) is 0 Å². The zero-order valence-corrected chi connectivity index (χ0v) is 10.2. The third kappa shape index (κ3) is 2.40. The molecule has 0 saturated carbocycles. The van der Waals surface area contributed by atoms with Crippen LogP contribution in [0, 0.1) is 0 Å². The Hall–Kier alpha value is -1.59. The third-order valence-corrected chi connectivity index (χ3v) is 2.76. The van der Waals surface area contributed by atoms with Crippen LogP contribution in [0.2, 0.25) is 0 Å². The van der Waals surface area contributed by atoms with Gasteiger partial charge in [0.25, 0.3) is 0 Å². The summed E-state index contributed by atoms with van der Waals surface area (Å²) in [6.07, 6.45) is 0. The highest BCUT2D eigenvalue weighted by atomic mass is 16.3. The number of aromatic nitrogens is 2. The lowest BCUT2D eigenvalue weighted by molar-refractivity contribution is 0.263. The molecule has 1 aromatic carbocycles. The average molecular weight is 234 g/mol. The van der Waals surface area contributed by atoms with Gasteiger partial charge in [-0.2, -0.15) is 0 Å². The van der Waals surface area contributed by atoms with Gasteiger partial charge in [0.15, 0.2) is 0 Å². The fourth-order valence-corrected chi connectivity index (χ4v) is 1.87. The minimum absolute atomic E-state index is 0.0536. The van der Waals surface area contributed by atoms with Gasteiger partial charge in [-0.3, -0.25) is 0 Å². The van der Waals surface area contributed by atoms with Gasteiger partial charge in [0.2, 0.25) is 0 Å². The van der Waals surface area contributed by atoms with Gasteiger partial charge in [0.05, 0.1) is 11.0 Å². The normalized spacial score (nSPS) is 11.5. The molecule has 1 heterocycles. The summed E-state index contributed by atoms with van der Waals surface area (Å²) in [5.41, 5.74) is 8.28. The lowest BCUT2D eigenvalue weighted by Crippen LogP contribution is -2.19. The number of rotatable bonds is 4. The van der Waals surface area contributed by atoms with Crippen LogP contribution in [0.25, 0.3) is 11.0 Å². The van der Waals surface area contributed by atoms with Crippen LogP contribution in [-0.4, -0.2) is 40.2 Å². The number of likely N-dealkylation sites (N-methyl/N-ethyl adjacent to an activating group) is 1. The summed E-state index contributed by atoms with van der Waals surface area (Å²) >= 11 is 0. The van der Waals surface area contributed by atoms with E-state index in [0.717, 1.165) is 24.1 Å². The van der Waals surface area contributed by atoms with Crippen molar-refractivity contribution in [1.29, 1.82) is 0 Å². The average Bonchev–Trinajstić information content (AvgIpc) is 2.63. The van der Waals surface area contributed by atoms with E-state index >= 15 is 0 Å². The number of benzene rings is 1. The molecule has 17 heavy (non-hydrogen) atoms. The number of imidazole rings is 1. The van der Waals surface area contributed by atoms with Crippen molar-refractivity contribution in [2.45, 2.75) is 13.2 Å². The van der Waals surface area contributed by atoms with Gasteiger partial charge in [0, 0.05) is 18.8 Å². The highest BCUT2D eigenvalue weighted by molar-refractivity contribution is 5.79. The van der Waals surface area contributed by atoms with Crippen molar-refractivity contribution < 1.29 is 5.11 Å². The standard InChI is InChI=1S/C12H18N4O/c1-15(2)5-6-16-11-4-3-9(13)7-10(11)14-12(16)8-17/h3-4,7,17H,5-6,8,13H2,1-2H3. The van der Waals surface area contributed by atoms with E-state index in [4.69, 9.17) is 5.73 Å². The van der Waals surface area contributed by atoms with E-state index in [9.17, 15) is 5.11 Å². The van der Waals surface area contributed by atoms with Crippen molar-refractivity contribution in [3.8, 4) is 0 Å². The number of fused-ring (bicyclic) bond motifs is 1. The number of nitrogens with two attached hydrogens (primary N) is 1. The molecule has 0 aliphatic rings. The lowest BCUT2D eigenvalue weighted by Gasteiger charge is -2.12. The van der Waals surface area contributed by atoms with E-state index in [1.165, 1.54) is 0 Å². The van der Waals surface area contributed by atoms with E-state index < -0.39 is 0 Å². The molecule has 0 aliphatic carbocycles. The first-order valence-electron chi connectivity index (χ1n) is 5.62. The van der Waals surface area contributed by atoms with Crippen LogP contribution in [0.1, 0.15) is 5.82 Å². The topological polar surface area (TPSA) is 67.3 Å². The van der Waals surface area contributed by atoms with Gasteiger partial charge in [0.1, 0.15) is 12.4 Å². The highest BCUT2D eigenvalue weighted by Gasteiger charge is 2.09. The van der Waals surface area contributed by atoms with Crippen LogP contribution in [-0.2, 0) is 13.2 Å². The zero-order chi connectivity index (χ0) is 12.4. The molecule has 0 amide bonds. The molecule has 0 saturated heterocycles. The van der Waals surface area contributed by atoms with E-state index in [1.54, 1.807) is 0 Å². The third-order valence-electron chi connectivity index (χ3n) is 2.76. The monoisotopic (exact) mass is 234 g/mol. The Morgan fingerprint density at radius 3 is 2.82 bits per heavy atom. The van der Waals surface area contributed by atoms with E-state index in [0.29, 0.717) is 11.5 Å². The SMILES string of the molecule is CN(C)CCn1c(CO)nc2cc(N)ccc21. The highest BCUT2D eigenvalue weighted by Crippen LogP contribution is 2.19. The molecule has 92 valence electrons. The molecule has 1 aromatic heterocycles. The second-order valence-corrected chi connectivity index (χ2v) is 4.39. The molecular formula is C12H18N4O. The molecule has 0 radical (unpaired) electrons. The summed E-state index contributed by atoms with van der Waals surface area (Å²) in [4.78, 5) is 6.49. The van der Waals surface area contributed by atoms with Crippen molar-refractivity contribution in [3.05, 3.63) is 24.0 Å². The largest absolute Gasteiger partial charge is 0.399 e. The second kappa shape index (κ2) is 4.73. The Balaban J connectivity index is 2.43. The molecule has 0 fully saturated rings. The summed E-state index contributed by atoms with van der Waals surface area (Å²) in [7, 11) is 4.05. The fourth-order valence-electron chi connectivity index (χ4n) is 1.87. The predicted molar refractivity (Wildman–Crippen MR) is 68.6 cm³/mol. The maximum absolute atomic E-state index is 9.33. The minimum atomic E-state index is -0.0536. The molecule has 5 heteroatoms. The van der Waals surface area contributed by atoms with Crippen LogP contribution in [0.15, 0.2) is 18.2 Å². The number of aliphatic hydroxyl groups excluding tert-OH is 1. The van der Waals surface area contributed by atoms with Gasteiger partial charge >= 0.3 is 0 Å². The number of nitrogens with zero attached hydrogens (tertiary/aromatic N) is 3. The summed E-state index contributed by atoms with van der Waals surface area (Å²) in [6, 6.07) is 5.64. The molecule has 0 atom stereocenters. The molecule has 5 nitrogen and oxygen atoms in total. The Morgan fingerprint density at radius 1 is 1.41 bits per heavy atom. The first kappa shape index (κ1) is 11.9. The zero-order valence-electron chi connectivity index (χ0n) is 10.2.